The summed E-state index contributed by atoms with van der Waals surface area (Å²) in [5.41, 5.74) is 1.24. The number of hydrogen-bond acceptors (Lipinski definition) is 3. The van der Waals surface area contributed by atoms with Crippen LogP contribution in [0.3, 0.4) is 0 Å². The Morgan fingerprint density at radius 1 is 1.38 bits per heavy atom. The third-order valence-electron chi connectivity index (χ3n) is 4.12. The van der Waals surface area contributed by atoms with Gasteiger partial charge in [-0.15, -0.1) is 0 Å². The van der Waals surface area contributed by atoms with E-state index < -0.39 is 0 Å². The van der Waals surface area contributed by atoms with Gasteiger partial charge in [0.15, 0.2) is 0 Å². The number of benzene rings is 1. The van der Waals surface area contributed by atoms with E-state index in [4.69, 9.17) is 5.26 Å². The molecule has 0 atom stereocenters. The molecule has 1 aromatic carbocycles. The van der Waals surface area contributed by atoms with Crippen LogP contribution in [0.1, 0.15) is 45.6 Å². The third-order valence-corrected chi connectivity index (χ3v) is 4.12. The van der Waals surface area contributed by atoms with Gasteiger partial charge in [-0.2, -0.15) is 5.26 Å². The second-order valence-electron chi connectivity index (χ2n) is 5.90. The topological polar surface area (TPSA) is 56.1 Å². The molecule has 0 aliphatic heterocycles. The van der Waals surface area contributed by atoms with Crippen molar-refractivity contribution in [2.75, 3.05) is 18.9 Å². The lowest BCUT2D eigenvalue weighted by Crippen LogP contribution is -2.41. The van der Waals surface area contributed by atoms with E-state index in [1.807, 2.05) is 6.07 Å². The minimum absolute atomic E-state index is 0.0413. The van der Waals surface area contributed by atoms with Crippen molar-refractivity contribution in [3.63, 3.8) is 0 Å². The third kappa shape index (κ3) is 5.20. The molecule has 0 aromatic heterocycles. The van der Waals surface area contributed by atoms with Crippen molar-refractivity contribution in [2.24, 2.45) is 0 Å². The number of rotatable bonds is 7. The van der Waals surface area contributed by atoms with Gasteiger partial charge in [0.05, 0.1) is 11.3 Å². The molecule has 114 valence electrons. The number of amides is 1. The van der Waals surface area contributed by atoms with Crippen LogP contribution in [0.4, 0.5) is 5.69 Å². The van der Waals surface area contributed by atoms with Crippen molar-refractivity contribution in [2.45, 2.75) is 45.6 Å². The maximum absolute atomic E-state index is 11.9. The molecule has 4 nitrogen and oxygen atoms in total. The van der Waals surface area contributed by atoms with Crippen molar-refractivity contribution in [1.82, 2.24) is 4.90 Å². The van der Waals surface area contributed by atoms with Gasteiger partial charge in [0, 0.05) is 12.0 Å². The van der Waals surface area contributed by atoms with Gasteiger partial charge >= 0.3 is 0 Å². The van der Waals surface area contributed by atoms with E-state index in [1.54, 1.807) is 18.2 Å². The largest absolute Gasteiger partial charge is 0.325 e. The first-order valence-electron chi connectivity index (χ1n) is 7.41. The Labute approximate surface area is 127 Å². The Hall–Kier alpha value is -1.86. The van der Waals surface area contributed by atoms with E-state index in [0.29, 0.717) is 17.7 Å². The zero-order valence-electron chi connectivity index (χ0n) is 13.4. The first-order chi connectivity index (χ1) is 9.90. The van der Waals surface area contributed by atoms with Gasteiger partial charge in [0.1, 0.15) is 6.07 Å². The van der Waals surface area contributed by atoms with E-state index in [2.05, 4.69) is 44.1 Å². The molecular weight excluding hydrogens is 262 g/mol. The summed E-state index contributed by atoms with van der Waals surface area (Å²) in [6, 6.07) is 9.14. The Balaban J connectivity index is 2.44. The smallest absolute Gasteiger partial charge is 0.224 e. The number of carbonyl (C=O) groups excluding carboxylic acids is 1. The monoisotopic (exact) mass is 287 g/mol. The first kappa shape index (κ1) is 17.2. The van der Waals surface area contributed by atoms with Crippen LogP contribution in [0, 0.1) is 11.3 Å². The Kier molecular flexibility index (Phi) is 6.39. The number of para-hydroxylation sites is 1. The molecule has 1 rings (SSSR count). The van der Waals surface area contributed by atoms with Crippen LogP contribution >= 0.6 is 0 Å². The Morgan fingerprint density at radius 3 is 2.67 bits per heavy atom. The molecule has 0 unspecified atom stereocenters. The molecule has 1 N–H and O–H groups in total. The standard InChI is InChI=1S/C17H25N3O/c1-5-17(2,3)20(4)12-8-11-16(21)19-15-10-7-6-9-14(15)13-18/h6-7,9-10H,5,8,11-12H2,1-4H3,(H,19,21). The van der Waals surface area contributed by atoms with Crippen molar-refractivity contribution in [1.29, 1.82) is 5.26 Å². The van der Waals surface area contributed by atoms with Crippen LogP contribution in [0.5, 0.6) is 0 Å². The Morgan fingerprint density at radius 2 is 2.05 bits per heavy atom. The molecule has 0 spiro atoms. The molecule has 0 radical (unpaired) electrons. The summed E-state index contributed by atoms with van der Waals surface area (Å²) < 4.78 is 0. The SMILES string of the molecule is CCC(C)(C)N(C)CCCC(=O)Nc1ccccc1C#N. The fraction of sp³-hybridized carbons (Fsp3) is 0.529. The van der Waals surface area contributed by atoms with Crippen LogP contribution < -0.4 is 5.32 Å². The van der Waals surface area contributed by atoms with Crippen LogP contribution in [-0.2, 0) is 4.79 Å². The number of hydrogen-bond donors (Lipinski definition) is 1. The number of nitriles is 1. The summed E-state index contributed by atoms with van der Waals surface area (Å²) in [5, 5.41) is 11.8. The van der Waals surface area contributed by atoms with Gasteiger partial charge in [-0.1, -0.05) is 19.1 Å². The van der Waals surface area contributed by atoms with E-state index in [-0.39, 0.29) is 11.4 Å². The molecule has 0 saturated carbocycles. The van der Waals surface area contributed by atoms with Crippen LogP contribution in [0.2, 0.25) is 0 Å². The summed E-state index contributed by atoms with van der Waals surface area (Å²) >= 11 is 0. The van der Waals surface area contributed by atoms with Crippen LogP contribution in [0.15, 0.2) is 24.3 Å². The maximum atomic E-state index is 11.9. The molecular formula is C17H25N3O. The first-order valence-corrected chi connectivity index (χ1v) is 7.41. The molecule has 0 heterocycles. The highest BCUT2D eigenvalue weighted by Gasteiger charge is 2.20. The van der Waals surface area contributed by atoms with Gasteiger partial charge in [0.25, 0.3) is 0 Å². The quantitative estimate of drug-likeness (QED) is 0.836. The van der Waals surface area contributed by atoms with Gasteiger partial charge in [0.2, 0.25) is 5.91 Å². The predicted octanol–water partition coefficient (Wildman–Crippen LogP) is 3.40. The second kappa shape index (κ2) is 7.80. The Bertz CT molecular complexity index is 517. The van der Waals surface area contributed by atoms with E-state index in [9.17, 15) is 4.79 Å². The molecule has 0 saturated heterocycles. The normalized spacial score (nSPS) is 11.2. The molecule has 1 aromatic rings. The molecule has 0 bridgehead atoms. The van der Waals surface area contributed by atoms with Gasteiger partial charge in [-0.05, 0) is 52.4 Å². The number of anilines is 1. The van der Waals surface area contributed by atoms with Gasteiger partial charge in [-0.3, -0.25) is 4.79 Å². The highest BCUT2D eigenvalue weighted by Crippen LogP contribution is 2.17. The van der Waals surface area contributed by atoms with Crippen molar-refractivity contribution in [3.05, 3.63) is 29.8 Å². The molecule has 4 heteroatoms. The minimum Gasteiger partial charge on any atom is -0.325 e. The summed E-state index contributed by atoms with van der Waals surface area (Å²) in [5.74, 6) is -0.0413. The van der Waals surface area contributed by atoms with Gasteiger partial charge in [-0.25, -0.2) is 0 Å². The average molecular weight is 287 g/mol. The zero-order valence-corrected chi connectivity index (χ0v) is 13.4. The fourth-order valence-electron chi connectivity index (χ4n) is 1.95. The van der Waals surface area contributed by atoms with Crippen molar-refractivity contribution < 1.29 is 4.79 Å². The molecule has 21 heavy (non-hydrogen) atoms. The van der Waals surface area contributed by atoms with Crippen molar-refractivity contribution in [3.8, 4) is 6.07 Å². The lowest BCUT2D eigenvalue weighted by molar-refractivity contribution is -0.116. The molecule has 0 aliphatic rings. The maximum Gasteiger partial charge on any atom is 0.224 e. The van der Waals surface area contributed by atoms with E-state index in [0.717, 1.165) is 19.4 Å². The number of nitrogens with one attached hydrogen (secondary N) is 1. The highest BCUT2D eigenvalue weighted by molar-refractivity contribution is 5.92. The predicted molar refractivity (Wildman–Crippen MR) is 86.0 cm³/mol. The van der Waals surface area contributed by atoms with Crippen molar-refractivity contribution >= 4 is 11.6 Å². The number of carbonyl (C=O) groups is 1. The summed E-state index contributed by atoms with van der Waals surface area (Å²) in [6.07, 6.45) is 2.34. The summed E-state index contributed by atoms with van der Waals surface area (Å²) in [7, 11) is 2.09. The summed E-state index contributed by atoms with van der Waals surface area (Å²) in [6.45, 7) is 7.46. The molecule has 1 amide bonds. The second-order valence-corrected chi connectivity index (χ2v) is 5.90. The fourth-order valence-corrected chi connectivity index (χ4v) is 1.95. The summed E-state index contributed by atoms with van der Waals surface area (Å²) in [4.78, 5) is 14.2. The van der Waals surface area contributed by atoms with Crippen LogP contribution in [-0.4, -0.2) is 29.9 Å². The van der Waals surface area contributed by atoms with E-state index >= 15 is 0 Å². The number of nitrogens with zero attached hydrogens (tertiary/aromatic N) is 2. The lowest BCUT2D eigenvalue weighted by Gasteiger charge is -2.34. The minimum atomic E-state index is -0.0413. The lowest BCUT2D eigenvalue weighted by atomic mass is 10.00. The molecule has 0 fully saturated rings. The van der Waals surface area contributed by atoms with Gasteiger partial charge < -0.3 is 10.2 Å². The van der Waals surface area contributed by atoms with Crippen LogP contribution in [0.25, 0.3) is 0 Å². The highest BCUT2D eigenvalue weighted by atomic mass is 16.1. The molecule has 0 aliphatic carbocycles. The zero-order chi connectivity index (χ0) is 15.9. The average Bonchev–Trinajstić information content (AvgIpc) is 2.47. The van der Waals surface area contributed by atoms with E-state index in [1.165, 1.54) is 0 Å².